The van der Waals surface area contributed by atoms with Gasteiger partial charge >= 0.3 is 0 Å². The first-order valence-corrected chi connectivity index (χ1v) is 10.0. The Morgan fingerprint density at radius 3 is 2.93 bits per heavy atom. The summed E-state index contributed by atoms with van der Waals surface area (Å²) in [4.78, 5) is 16.3. The van der Waals surface area contributed by atoms with Crippen LogP contribution >= 0.6 is 0 Å². The third-order valence-electron chi connectivity index (χ3n) is 6.13. The number of aromatic nitrogens is 2. The van der Waals surface area contributed by atoms with Crippen molar-refractivity contribution < 1.29 is 9.53 Å². The fourth-order valence-corrected chi connectivity index (χ4v) is 4.68. The van der Waals surface area contributed by atoms with E-state index in [4.69, 9.17) is 9.84 Å². The number of fused-ring (bicyclic) bond motifs is 2. The fourth-order valence-electron chi connectivity index (χ4n) is 4.68. The molecule has 142 valence electrons. The molecule has 1 amide bonds. The van der Waals surface area contributed by atoms with E-state index in [0.717, 1.165) is 57.8 Å². The van der Waals surface area contributed by atoms with Crippen molar-refractivity contribution in [2.75, 3.05) is 31.2 Å². The van der Waals surface area contributed by atoms with E-state index in [2.05, 4.69) is 33.8 Å². The van der Waals surface area contributed by atoms with Gasteiger partial charge in [0.2, 0.25) is 5.91 Å². The lowest BCUT2D eigenvalue weighted by molar-refractivity contribution is -0.129. The van der Waals surface area contributed by atoms with E-state index in [-0.39, 0.29) is 5.91 Å². The number of hydrogen-bond donors (Lipinski definition) is 0. The van der Waals surface area contributed by atoms with Crippen LogP contribution in [0.5, 0.6) is 0 Å². The van der Waals surface area contributed by atoms with Gasteiger partial charge in [-0.05, 0) is 30.9 Å². The minimum Gasteiger partial charge on any atom is -0.379 e. The molecular weight excluding hydrogens is 340 g/mol. The Kier molecular flexibility index (Phi) is 4.16. The van der Waals surface area contributed by atoms with Crippen LogP contribution in [0.4, 0.5) is 11.5 Å². The number of hydrogen-bond acceptors (Lipinski definition) is 4. The Balaban J connectivity index is 1.61. The molecule has 0 aliphatic carbocycles. The average Bonchev–Trinajstić information content (AvgIpc) is 3.35. The number of anilines is 2. The molecule has 1 aromatic heterocycles. The largest absolute Gasteiger partial charge is 0.379 e. The van der Waals surface area contributed by atoms with Crippen LogP contribution in [0.1, 0.15) is 42.6 Å². The molecule has 3 aliphatic rings. The summed E-state index contributed by atoms with van der Waals surface area (Å²) in [6, 6.07) is 8.95. The van der Waals surface area contributed by atoms with Crippen molar-refractivity contribution in [1.82, 2.24) is 14.7 Å². The topological polar surface area (TPSA) is 50.6 Å². The van der Waals surface area contributed by atoms with Crippen LogP contribution in [0.15, 0.2) is 24.3 Å². The molecule has 0 bridgehead atoms. The summed E-state index contributed by atoms with van der Waals surface area (Å²) in [6.45, 7) is 5.61. The molecule has 3 aliphatic heterocycles. The van der Waals surface area contributed by atoms with Gasteiger partial charge in [-0.3, -0.25) is 9.48 Å². The number of carbonyl (C=O) groups is 1. The van der Waals surface area contributed by atoms with Crippen molar-refractivity contribution in [3.05, 3.63) is 41.1 Å². The second-order valence-corrected chi connectivity index (χ2v) is 7.79. The van der Waals surface area contributed by atoms with Crippen LogP contribution in [0.25, 0.3) is 0 Å². The monoisotopic (exact) mass is 366 g/mol. The van der Waals surface area contributed by atoms with Gasteiger partial charge < -0.3 is 14.5 Å². The molecule has 6 heteroatoms. The van der Waals surface area contributed by atoms with Gasteiger partial charge in [-0.15, -0.1) is 0 Å². The van der Waals surface area contributed by atoms with Gasteiger partial charge in [-0.25, -0.2) is 0 Å². The summed E-state index contributed by atoms with van der Waals surface area (Å²) >= 11 is 0. The summed E-state index contributed by atoms with van der Waals surface area (Å²) in [5, 5.41) is 5.11. The van der Waals surface area contributed by atoms with Crippen LogP contribution in [0.2, 0.25) is 0 Å². The van der Waals surface area contributed by atoms with E-state index in [1.54, 1.807) is 6.92 Å². The first-order chi connectivity index (χ1) is 13.2. The highest BCUT2D eigenvalue weighted by Gasteiger charge is 2.33. The Hall–Kier alpha value is -2.34. The molecular formula is C21H26N4O2. The molecule has 0 radical (unpaired) electrons. The standard InChI is InChI=1S/C21H26N4O2/c1-15(26)23-11-8-20-18(13-23)21(22-25(20)17-9-12-27-14-17)24-10-4-6-16-5-2-3-7-19(16)24/h2-3,5,7,17H,4,6,8-14H2,1H3. The van der Waals surface area contributed by atoms with Gasteiger partial charge in [0.15, 0.2) is 5.82 Å². The van der Waals surface area contributed by atoms with Crippen molar-refractivity contribution in [3.63, 3.8) is 0 Å². The van der Waals surface area contributed by atoms with E-state index in [1.807, 2.05) is 4.90 Å². The number of ether oxygens (including phenoxy) is 1. The molecule has 6 nitrogen and oxygen atoms in total. The molecule has 2 aromatic rings. The predicted octanol–water partition coefficient (Wildman–Crippen LogP) is 2.83. The van der Waals surface area contributed by atoms with Gasteiger partial charge in [-0.1, -0.05) is 18.2 Å². The van der Waals surface area contributed by atoms with Gasteiger partial charge in [0.05, 0.1) is 19.2 Å². The van der Waals surface area contributed by atoms with E-state index >= 15 is 0 Å². The number of carbonyl (C=O) groups excluding carboxylic acids is 1. The highest BCUT2D eigenvalue weighted by atomic mass is 16.5. The lowest BCUT2D eigenvalue weighted by Gasteiger charge is -2.32. The van der Waals surface area contributed by atoms with Gasteiger partial charge in [-0.2, -0.15) is 5.10 Å². The van der Waals surface area contributed by atoms with Crippen LogP contribution in [-0.2, 0) is 28.9 Å². The maximum atomic E-state index is 12.0. The summed E-state index contributed by atoms with van der Waals surface area (Å²) in [5.41, 5.74) is 5.16. The van der Waals surface area contributed by atoms with Crippen molar-refractivity contribution >= 4 is 17.4 Å². The highest BCUT2D eigenvalue weighted by Crippen LogP contribution is 2.39. The molecule has 4 heterocycles. The zero-order chi connectivity index (χ0) is 18.4. The van der Waals surface area contributed by atoms with Gasteiger partial charge in [0.1, 0.15) is 0 Å². The minimum atomic E-state index is 0.141. The second kappa shape index (κ2) is 6.68. The summed E-state index contributed by atoms with van der Waals surface area (Å²) in [5.74, 6) is 1.18. The number of para-hydroxylation sites is 1. The number of aryl methyl sites for hydroxylation is 1. The Morgan fingerprint density at radius 2 is 2.11 bits per heavy atom. The van der Waals surface area contributed by atoms with Crippen LogP contribution < -0.4 is 4.90 Å². The first-order valence-electron chi connectivity index (χ1n) is 10.0. The first kappa shape index (κ1) is 16.8. The molecule has 0 N–H and O–H groups in total. The molecule has 1 atom stereocenters. The van der Waals surface area contributed by atoms with E-state index in [9.17, 15) is 4.79 Å². The lowest BCUT2D eigenvalue weighted by atomic mass is 10.00. The smallest absolute Gasteiger partial charge is 0.219 e. The van der Waals surface area contributed by atoms with Crippen molar-refractivity contribution in [2.24, 2.45) is 0 Å². The van der Waals surface area contributed by atoms with Crippen molar-refractivity contribution in [2.45, 2.75) is 45.2 Å². The quantitative estimate of drug-likeness (QED) is 0.820. The van der Waals surface area contributed by atoms with Crippen LogP contribution in [0.3, 0.4) is 0 Å². The van der Waals surface area contributed by atoms with E-state index in [0.29, 0.717) is 12.6 Å². The predicted molar refractivity (Wildman–Crippen MR) is 103 cm³/mol. The lowest BCUT2D eigenvalue weighted by Crippen LogP contribution is -2.35. The Morgan fingerprint density at radius 1 is 1.22 bits per heavy atom. The molecule has 1 aromatic carbocycles. The molecule has 1 fully saturated rings. The molecule has 1 unspecified atom stereocenters. The number of nitrogens with zero attached hydrogens (tertiary/aromatic N) is 4. The van der Waals surface area contributed by atoms with E-state index < -0.39 is 0 Å². The number of amides is 1. The maximum absolute atomic E-state index is 12.0. The third kappa shape index (κ3) is 2.83. The molecule has 27 heavy (non-hydrogen) atoms. The van der Waals surface area contributed by atoms with Crippen molar-refractivity contribution in [3.8, 4) is 0 Å². The summed E-state index contributed by atoms with van der Waals surface area (Å²) < 4.78 is 7.85. The Labute approximate surface area is 159 Å². The third-order valence-corrected chi connectivity index (χ3v) is 6.13. The van der Waals surface area contributed by atoms with Gasteiger partial charge in [0.25, 0.3) is 0 Å². The van der Waals surface area contributed by atoms with Crippen LogP contribution in [0, 0.1) is 0 Å². The SMILES string of the molecule is CC(=O)N1CCc2c(c(N3CCCc4ccccc43)nn2C2CCOC2)C1. The van der Waals surface area contributed by atoms with Gasteiger partial charge in [0, 0.05) is 50.0 Å². The fraction of sp³-hybridized carbons (Fsp3) is 0.524. The maximum Gasteiger partial charge on any atom is 0.219 e. The van der Waals surface area contributed by atoms with Crippen molar-refractivity contribution in [1.29, 1.82) is 0 Å². The summed E-state index contributed by atoms with van der Waals surface area (Å²) in [6.07, 6.45) is 4.13. The zero-order valence-corrected chi connectivity index (χ0v) is 15.9. The molecule has 5 rings (SSSR count). The molecule has 1 saturated heterocycles. The second-order valence-electron chi connectivity index (χ2n) is 7.79. The normalized spacial score (nSPS) is 21.9. The van der Waals surface area contributed by atoms with E-state index in [1.165, 1.54) is 22.5 Å². The average molecular weight is 366 g/mol. The summed E-state index contributed by atoms with van der Waals surface area (Å²) in [7, 11) is 0. The molecule has 0 saturated carbocycles. The Bertz CT molecular complexity index is 869. The zero-order valence-electron chi connectivity index (χ0n) is 15.9. The highest BCUT2D eigenvalue weighted by molar-refractivity contribution is 5.75. The molecule has 0 spiro atoms. The number of rotatable bonds is 2. The number of benzene rings is 1. The minimum absolute atomic E-state index is 0.141. The van der Waals surface area contributed by atoms with Crippen LogP contribution in [-0.4, -0.2) is 46.9 Å².